The lowest BCUT2D eigenvalue weighted by Crippen LogP contribution is -2.05. The van der Waals surface area contributed by atoms with Crippen molar-refractivity contribution in [1.82, 2.24) is 0 Å². The number of amidine groups is 1. The van der Waals surface area contributed by atoms with Crippen LogP contribution >= 0.6 is 11.8 Å². The molecule has 27 heavy (non-hydrogen) atoms. The lowest BCUT2D eigenvalue weighted by molar-refractivity contribution is -0.113. The summed E-state index contributed by atoms with van der Waals surface area (Å²) in [5.41, 5.74) is 7.74. The van der Waals surface area contributed by atoms with Crippen molar-refractivity contribution >= 4 is 28.9 Å². The molecule has 0 saturated heterocycles. The molecule has 2 N–H and O–H groups in total. The minimum atomic E-state index is -0.298. The first-order valence-corrected chi connectivity index (χ1v) is 9.68. The summed E-state index contributed by atoms with van der Waals surface area (Å²) in [5.74, 6) is 1.33. The van der Waals surface area contributed by atoms with E-state index in [1.54, 1.807) is 6.08 Å². The Morgan fingerprint density at radius 1 is 1.07 bits per heavy atom. The van der Waals surface area contributed by atoms with Crippen molar-refractivity contribution < 1.29 is 14.3 Å². The number of nitrogens with two attached hydrogens (primary N) is 1. The largest absolute Gasteiger partial charge is 0.493 e. The fourth-order valence-corrected chi connectivity index (χ4v) is 3.21. The smallest absolute Gasteiger partial charge is 0.286 e. The lowest BCUT2D eigenvalue weighted by Gasteiger charge is -2.09. The second kappa shape index (κ2) is 9.28. The summed E-state index contributed by atoms with van der Waals surface area (Å²) in [6.45, 7) is 3.28. The van der Waals surface area contributed by atoms with E-state index in [4.69, 9.17) is 15.2 Å². The minimum absolute atomic E-state index is 0.281. The van der Waals surface area contributed by atoms with E-state index in [9.17, 15) is 4.79 Å². The molecular formula is C21H22N2O3S. The molecule has 5 nitrogen and oxygen atoms in total. The fourth-order valence-electron chi connectivity index (χ4n) is 2.53. The molecule has 0 unspecified atom stereocenters. The molecule has 1 amide bonds. The molecule has 3 rings (SSSR count). The van der Waals surface area contributed by atoms with Gasteiger partial charge < -0.3 is 15.2 Å². The van der Waals surface area contributed by atoms with Crippen LogP contribution < -0.4 is 15.2 Å². The maximum Gasteiger partial charge on any atom is 0.286 e. The van der Waals surface area contributed by atoms with Crippen molar-refractivity contribution in [2.75, 3.05) is 13.2 Å². The standard InChI is InChI=1S/C21H22N2O3S/c1-2-15-7-9-17(10-8-15)25-11-4-12-26-18-6-3-5-16(13-18)14-19-20(24)23-21(22)27-19/h3,5-10,13-14H,2,4,11-12H2,1H3,(H2,22,23,24)/b19-14-. The summed E-state index contributed by atoms with van der Waals surface area (Å²) in [5, 5.41) is 0.281. The molecule has 6 heteroatoms. The summed E-state index contributed by atoms with van der Waals surface area (Å²) in [6, 6.07) is 15.7. The van der Waals surface area contributed by atoms with Gasteiger partial charge in [0.1, 0.15) is 11.5 Å². The summed E-state index contributed by atoms with van der Waals surface area (Å²) < 4.78 is 11.5. The normalized spacial score (nSPS) is 15.1. The van der Waals surface area contributed by atoms with E-state index in [2.05, 4.69) is 24.0 Å². The Morgan fingerprint density at radius 3 is 2.48 bits per heavy atom. The number of nitrogens with zero attached hydrogens (tertiary/aromatic N) is 1. The van der Waals surface area contributed by atoms with Gasteiger partial charge >= 0.3 is 0 Å². The molecule has 1 aliphatic heterocycles. The molecule has 0 spiro atoms. The van der Waals surface area contributed by atoms with Gasteiger partial charge in [0.15, 0.2) is 5.17 Å². The SMILES string of the molecule is CCc1ccc(OCCCOc2cccc(/C=C3\SC(N)=NC3=O)c2)cc1. The maximum absolute atomic E-state index is 11.7. The quantitative estimate of drug-likeness (QED) is 0.551. The number of amides is 1. The summed E-state index contributed by atoms with van der Waals surface area (Å²) in [4.78, 5) is 15.9. The Morgan fingerprint density at radius 2 is 1.81 bits per heavy atom. The number of ether oxygens (including phenoxy) is 2. The predicted octanol–water partition coefficient (Wildman–Crippen LogP) is 4.03. The maximum atomic E-state index is 11.7. The van der Waals surface area contributed by atoms with Crippen LogP contribution in [-0.2, 0) is 11.2 Å². The van der Waals surface area contributed by atoms with Crippen LogP contribution in [0.2, 0.25) is 0 Å². The predicted molar refractivity (Wildman–Crippen MR) is 110 cm³/mol. The van der Waals surface area contributed by atoms with E-state index in [-0.39, 0.29) is 11.1 Å². The molecule has 0 radical (unpaired) electrons. The van der Waals surface area contributed by atoms with Crippen molar-refractivity contribution in [3.8, 4) is 11.5 Å². The first-order valence-electron chi connectivity index (χ1n) is 8.86. The van der Waals surface area contributed by atoms with Gasteiger partial charge in [-0.15, -0.1) is 0 Å². The molecular weight excluding hydrogens is 360 g/mol. The van der Waals surface area contributed by atoms with Gasteiger partial charge in [-0.3, -0.25) is 4.79 Å². The van der Waals surface area contributed by atoms with Crippen LogP contribution in [0.15, 0.2) is 58.4 Å². The van der Waals surface area contributed by atoms with Gasteiger partial charge in [-0.25, -0.2) is 0 Å². The first-order chi connectivity index (χ1) is 13.1. The number of aryl methyl sites for hydroxylation is 1. The number of carbonyl (C=O) groups excluding carboxylic acids is 1. The Bertz CT molecular complexity index is 860. The van der Waals surface area contributed by atoms with E-state index in [1.807, 2.05) is 36.4 Å². The van der Waals surface area contributed by atoms with Crippen LogP contribution in [0.5, 0.6) is 11.5 Å². The van der Waals surface area contributed by atoms with E-state index in [0.29, 0.717) is 18.1 Å². The molecule has 0 aliphatic carbocycles. The number of hydrogen-bond donors (Lipinski definition) is 1. The number of thioether (sulfide) groups is 1. The molecule has 2 aromatic carbocycles. The summed E-state index contributed by atoms with van der Waals surface area (Å²) >= 11 is 1.18. The third-order valence-electron chi connectivity index (χ3n) is 3.95. The average Bonchev–Trinajstić information content (AvgIpc) is 2.99. The van der Waals surface area contributed by atoms with E-state index >= 15 is 0 Å². The number of rotatable bonds is 8. The van der Waals surface area contributed by atoms with E-state index < -0.39 is 0 Å². The van der Waals surface area contributed by atoms with Gasteiger partial charge in [-0.2, -0.15) is 4.99 Å². The molecule has 1 aliphatic rings. The Hall–Kier alpha value is -2.73. The number of hydrogen-bond acceptors (Lipinski definition) is 5. The van der Waals surface area contributed by atoms with Crippen LogP contribution in [0.4, 0.5) is 0 Å². The minimum Gasteiger partial charge on any atom is -0.493 e. The van der Waals surface area contributed by atoms with Crippen molar-refractivity contribution in [2.24, 2.45) is 10.7 Å². The molecule has 1 heterocycles. The van der Waals surface area contributed by atoms with Crippen LogP contribution in [0, 0.1) is 0 Å². The molecule has 2 aromatic rings. The van der Waals surface area contributed by atoms with Crippen LogP contribution in [0.3, 0.4) is 0 Å². The second-order valence-electron chi connectivity index (χ2n) is 5.99. The fraction of sp³-hybridized carbons (Fsp3) is 0.238. The second-order valence-corrected chi connectivity index (χ2v) is 7.05. The highest BCUT2D eigenvalue weighted by Gasteiger charge is 2.19. The van der Waals surface area contributed by atoms with Crippen molar-refractivity contribution in [2.45, 2.75) is 19.8 Å². The highest BCUT2D eigenvalue weighted by molar-refractivity contribution is 8.18. The van der Waals surface area contributed by atoms with Gasteiger partial charge in [-0.05, 0) is 59.7 Å². The zero-order chi connectivity index (χ0) is 19.1. The topological polar surface area (TPSA) is 73.9 Å². The van der Waals surface area contributed by atoms with Crippen LogP contribution in [0.1, 0.15) is 24.5 Å². The highest BCUT2D eigenvalue weighted by atomic mass is 32.2. The van der Waals surface area contributed by atoms with Crippen molar-refractivity contribution in [3.63, 3.8) is 0 Å². The monoisotopic (exact) mass is 382 g/mol. The molecule has 0 atom stereocenters. The van der Waals surface area contributed by atoms with Gasteiger partial charge in [0.05, 0.1) is 18.1 Å². The number of benzene rings is 2. The summed E-state index contributed by atoms with van der Waals surface area (Å²) in [7, 11) is 0. The zero-order valence-electron chi connectivity index (χ0n) is 15.2. The Balaban J connectivity index is 1.44. The van der Waals surface area contributed by atoms with Gasteiger partial charge in [0.2, 0.25) is 0 Å². The molecule has 0 bridgehead atoms. The third kappa shape index (κ3) is 5.62. The zero-order valence-corrected chi connectivity index (χ0v) is 16.0. The average molecular weight is 382 g/mol. The van der Waals surface area contributed by atoms with Crippen LogP contribution in [-0.4, -0.2) is 24.3 Å². The molecule has 0 fully saturated rings. The first kappa shape index (κ1) is 19.0. The van der Waals surface area contributed by atoms with Gasteiger partial charge in [-0.1, -0.05) is 31.2 Å². The third-order valence-corrected chi connectivity index (χ3v) is 4.76. The van der Waals surface area contributed by atoms with Crippen molar-refractivity contribution in [3.05, 3.63) is 64.6 Å². The lowest BCUT2D eigenvalue weighted by atomic mass is 10.2. The molecule has 0 aromatic heterocycles. The Labute approximate surface area is 163 Å². The summed E-state index contributed by atoms with van der Waals surface area (Å²) in [6.07, 6.45) is 3.57. The van der Waals surface area contributed by atoms with Crippen molar-refractivity contribution in [1.29, 1.82) is 0 Å². The Kier molecular flexibility index (Phi) is 6.54. The number of aliphatic imine (C=N–C) groups is 1. The van der Waals surface area contributed by atoms with E-state index in [1.165, 1.54) is 17.3 Å². The molecule has 140 valence electrons. The van der Waals surface area contributed by atoms with Gasteiger partial charge in [0, 0.05) is 6.42 Å². The molecule has 0 saturated carbocycles. The van der Waals surface area contributed by atoms with Gasteiger partial charge in [0.25, 0.3) is 5.91 Å². The van der Waals surface area contributed by atoms with E-state index in [0.717, 1.165) is 29.9 Å². The number of carbonyl (C=O) groups is 1. The van der Waals surface area contributed by atoms with Crippen LogP contribution in [0.25, 0.3) is 6.08 Å². The highest BCUT2D eigenvalue weighted by Crippen LogP contribution is 2.27.